The summed E-state index contributed by atoms with van der Waals surface area (Å²) < 4.78 is 35.4. The number of hydrogen-bond donors (Lipinski definition) is 2. The Morgan fingerprint density at radius 1 is 1.17 bits per heavy atom. The van der Waals surface area contributed by atoms with Crippen LogP contribution in [0, 0.1) is 0 Å². The van der Waals surface area contributed by atoms with Crippen molar-refractivity contribution in [1.82, 2.24) is 14.3 Å². The normalized spacial score (nSPS) is 11.9. The van der Waals surface area contributed by atoms with Gasteiger partial charge in [0.15, 0.2) is 5.11 Å². The number of nitrogens with zero attached hydrogens (tertiary/aromatic N) is 3. The number of anilines is 1. The second-order valence-electron chi connectivity index (χ2n) is 8.13. The molecule has 11 heteroatoms. The van der Waals surface area contributed by atoms with Crippen molar-refractivity contribution in [1.29, 1.82) is 0 Å². The minimum absolute atomic E-state index is 0.280. The van der Waals surface area contributed by atoms with Gasteiger partial charge in [-0.25, -0.2) is 8.42 Å². The topological polar surface area (TPSA) is 88.0 Å². The third kappa shape index (κ3) is 6.36. The Morgan fingerprint density at radius 2 is 1.89 bits per heavy atom. The molecule has 0 spiro atoms. The smallest absolute Gasteiger partial charge is 0.243 e. The van der Waals surface area contributed by atoms with Crippen LogP contribution in [-0.4, -0.2) is 48.8 Å². The number of hydrazone groups is 1. The van der Waals surface area contributed by atoms with E-state index < -0.39 is 10.0 Å². The SMILES string of the molecule is CCCN(CCC)S(=O)(=O)c1ccc2c(c1)c(/C=N/NC(=S)Nc1ccc(OC)c(Cl)c1)cn2CC. The summed E-state index contributed by atoms with van der Waals surface area (Å²) in [6.45, 7) is 7.71. The Morgan fingerprint density at radius 3 is 2.50 bits per heavy atom. The largest absolute Gasteiger partial charge is 0.495 e. The van der Waals surface area contributed by atoms with Crippen LogP contribution >= 0.6 is 23.8 Å². The standard InChI is InChI=1S/C25H32ClN5O3S2/c1-5-12-31(13-6-2)36(32,33)20-9-10-23-21(15-20)18(17-30(23)7-3)16-27-29-25(35)28-19-8-11-24(34-4)22(26)14-19/h8-11,14-17H,5-7,12-13H2,1-4H3,(H2,28,29,35)/b27-16+. The summed E-state index contributed by atoms with van der Waals surface area (Å²) in [6, 6.07) is 10.5. The molecule has 1 aromatic heterocycles. The molecule has 1 heterocycles. The van der Waals surface area contributed by atoms with Crippen molar-refractivity contribution >= 4 is 61.8 Å². The van der Waals surface area contributed by atoms with Crippen LogP contribution in [0.3, 0.4) is 0 Å². The summed E-state index contributed by atoms with van der Waals surface area (Å²) in [5, 5.41) is 8.83. The number of aromatic nitrogens is 1. The van der Waals surface area contributed by atoms with Crippen molar-refractivity contribution in [2.24, 2.45) is 5.10 Å². The zero-order valence-corrected chi connectivity index (χ0v) is 23.3. The number of halogens is 1. The Balaban J connectivity index is 1.83. The molecule has 0 atom stereocenters. The van der Waals surface area contributed by atoms with E-state index in [1.54, 1.807) is 48.0 Å². The second-order valence-corrected chi connectivity index (χ2v) is 10.9. The number of methoxy groups -OCH3 is 1. The van der Waals surface area contributed by atoms with E-state index in [0.717, 1.165) is 35.9 Å². The lowest BCUT2D eigenvalue weighted by molar-refractivity contribution is 0.410. The Bertz CT molecular complexity index is 1350. The van der Waals surface area contributed by atoms with E-state index in [0.29, 0.717) is 29.5 Å². The highest BCUT2D eigenvalue weighted by atomic mass is 35.5. The van der Waals surface area contributed by atoms with Crippen molar-refractivity contribution in [3.8, 4) is 5.75 Å². The highest BCUT2D eigenvalue weighted by Crippen LogP contribution is 2.28. The van der Waals surface area contributed by atoms with Gasteiger partial charge in [-0.3, -0.25) is 5.43 Å². The van der Waals surface area contributed by atoms with E-state index in [-0.39, 0.29) is 10.0 Å². The number of sulfonamides is 1. The van der Waals surface area contributed by atoms with Crippen LogP contribution in [0.4, 0.5) is 5.69 Å². The number of benzene rings is 2. The number of aryl methyl sites for hydroxylation is 1. The predicted octanol–water partition coefficient (Wildman–Crippen LogP) is 5.45. The maximum absolute atomic E-state index is 13.3. The molecule has 0 radical (unpaired) electrons. The lowest BCUT2D eigenvalue weighted by Gasteiger charge is -2.21. The van der Waals surface area contributed by atoms with Gasteiger partial charge in [-0.2, -0.15) is 9.41 Å². The third-order valence-electron chi connectivity index (χ3n) is 5.59. The van der Waals surface area contributed by atoms with Gasteiger partial charge in [0.05, 0.1) is 23.2 Å². The Kier molecular flexibility index (Phi) is 9.72. The van der Waals surface area contributed by atoms with Crippen molar-refractivity contribution in [2.75, 3.05) is 25.5 Å². The fourth-order valence-corrected chi connectivity index (χ4v) is 5.97. The predicted molar refractivity (Wildman–Crippen MR) is 152 cm³/mol. The van der Waals surface area contributed by atoms with Gasteiger partial charge in [-0.05, 0) is 68.4 Å². The summed E-state index contributed by atoms with van der Waals surface area (Å²) >= 11 is 11.5. The molecule has 3 aromatic rings. The molecule has 0 unspecified atom stereocenters. The summed E-state index contributed by atoms with van der Waals surface area (Å²) in [4.78, 5) is 0.280. The van der Waals surface area contributed by atoms with Crippen molar-refractivity contribution in [3.63, 3.8) is 0 Å². The average Bonchev–Trinajstić information content (AvgIpc) is 3.21. The molecule has 0 fully saturated rings. The van der Waals surface area contributed by atoms with Crippen LogP contribution in [0.2, 0.25) is 5.02 Å². The summed E-state index contributed by atoms with van der Waals surface area (Å²) in [5.41, 5.74) is 5.20. The number of fused-ring (bicyclic) bond motifs is 1. The molecule has 3 rings (SSSR count). The van der Waals surface area contributed by atoms with Gasteiger partial charge in [0.2, 0.25) is 10.0 Å². The van der Waals surface area contributed by atoms with Crippen LogP contribution in [0.15, 0.2) is 52.6 Å². The molecular formula is C25H32ClN5O3S2. The number of rotatable bonds is 11. The fraction of sp³-hybridized carbons (Fsp3) is 0.360. The number of hydrogen-bond acceptors (Lipinski definition) is 5. The zero-order chi connectivity index (χ0) is 26.3. The summed E-state index contributed by atoms with van der Waals surface area (Å²) in [7, 11) is -2.04. The molecule has 0 aliphatic carbocycles. The first-order chi connectivity index (χ1) is 17.2. The molecule has 0 saturated carbocycles. The van der Waals surface area contributed by atoms with Gasteiger partial charge in [0.1, 0.15) is 5.75 Å². The second kappa shape index (κ2) is 12.5. The minimum atomic E-state index is -3.59. The molecule has 0 aliphatic rings. The monoisotopic (exact) mass is 549 g/mol. The van der Waals surface area contributed by atoms with Gasteiger partial charge < -0.3 is 14.6 Å². The maximum atomic E-state index is 13.3. The molecular weight excluding hydrogens is 518 g/mol. The van der Waals surface area contributed by atoms with Crippen molar-refractivity contribution in [3.05, 3.63) is 53.2 Å². The van der Waals surface area contributed by atoms with E-state index in [2.05, 4.69) is 20.4 Å². The lowest BCUT2D eigenvalue weighted by Crippen LogP contribution is -2.32. The number of thiocarbonyl (C=S) groups is 1. The molecule has 0 saturated heterocycles. The molecule has 2 N–H and O–H groups in total. The van der Waals surface area contributed by atoms with Gasteiger partial charge >= 0.3 is 0 Å². The van der Waals surface area contributed by atoms with Gasteiger partial charge in [0.25, 0.3) is 0 Å². The first-order valence-corrected chi connectivity index (χ1v) is 14.0. The van der Waals surface area contributed by atoms with Crippen LogP contribution in [0.5, 0.6) is 5.75 Å². The maximum Gasteiger partial charge on any atom is 0.243 e. The summed E-state index contributed by atoms with van der Waals surface area (Å²) in [6.07, 6.45) is 5.10. The van der Waals surface area contributed by atoms with Gasteiger partial charge in [-0.15, -0.1) is 0 Å². The van der Waals surface area contributed by atoms with E-state index in [1.807, 2.05) is 33.0 Å². The number of nitrogens with one attached hydrogen (secondary N) is 2. The van der Waals surface area contributed by atoms with Crippen LogP contribution in [-0.2, 0) is 16.6 Å². The summed E-state index contributed by atoms with van der Waals surface area (Å²) in [5.74, 6) is 0.570. The Hall–Kier alpha value is -2.66. The molecule has 0 aliphatic heterocycles. The third-order valence-corrected chi connectivity index (χ3v) is 7.97. The molecule has 36 heavy (non-hydrogen) atoms. The molecule has 0 bridgehead atoms. The molecule has 194 valence electrons. The lowest BCUT2D eigenvalue weighted by atomic mass is 10.2. The highest BCUT2D eigenvalue weighted by molar-refractivity contribution is 7.89. The van der Waals surface area contributed by atoms with Crippen molar-refractivity contribution in [2.45, 2.75) is 45.1 Å². The number of ether oxygens (including phenoxy) is 1. The van der Waals surface area contributed by atoms with Crippen LogP contribution < -0.4 is 15.5 Å². The van der Waals surface area contributed by atoms with Crippen LogP contribution in [0.1, 0.15) is 39.2 Å². The first kappa shape index (κ1) is 27.9. The van der Waals surface area contributed by atoms with Crippen LogP contribution in [0.25, 0.3) is 10.9 Å². The zero-order valence-electron chi connectivity index (χ0n) is 20.9. The Labute approximate surface area is 223 Å². The van der Waals surface area contributed by atoms with Crippen molar-refractivity contribution < 1.29 is 13.2 Å². The van der Waals surface area contributed by atoms with E-state index in [1.165, 1.54) is 0 Å². The average molecular weight is 550 g/mol. The quantitative estimate of drug-likeness (QED) is 0.188. The molecule has 0 amide bonds. The molecule has 8 nitrogen and oxygen atoms in total. The van der Waals surface area contributed by atoms with Gasteiger partial charge in [0, 0.05) is 48.0 Å². The van der Waals surface area contributed by atoms with E-state index in [9.17, 15) is 8.42 Å². The van der Waals surface area contributed by atoms with E-state index in [4.69, 9.17) is 28.6 Å². The van der Waals surface area contributed by atoms with Gasteiger partial charge in [-0.1, -0.05) is 25.4 Å². The fourth-order valence-electron chi connectivity index (χ4n) is 3.89. The first-order valence-electron chi connectivity index (χ1n) is 11.8. The highest BCUT2D eigenvalue weighted by Gasteiger charge is 2.24. The van der Waals surface area contributed by atoms with E-state index >= 15 is 0 Å². The molecule has 2 aromatic carbocycles. The minimum Gasteiger partial charge on any atom is -0.495 e.